The van der Waals surface area contributed by atoms with Crippen LogP contribution in [0.4, 0.5) is 0 Å². The van der Waals surface area contributed by atoms with Crippen LogP contribution in [0.2, 0.25) is 0 Å². The highest BCUT2D eigenvalue weighted by atomic mass is 16.5. The lowest BCUT2D eigenvalue weighted by Gasteiger charge is -2.08. The quantitative estimate of drug-likeness (QED) is 0.795. The van der Waals surface area contributed by atoms with E-state index in [9.17, 15) is 4.79 Å². The summed E-state index contributed by atoms with van der Waals surface area (Å²) < 4.78 is 15.7. The number of carbonyl (C=O) groups is 1. The van der Waals surface area contributed by atoms with Crippen LogP contribution < -0.4 is 14.8 Å². The zero-order valence-corrected chi connectivity index (χ0v) is 13.0. The molecule has 0 aliphatic heterocycles. The standard InChI is InChI=1S/C16H20N2O4/c1-4-14-15(11(2)22-18-14)16(19)17-9-10-21-13-7-5-12(20-3)6-8-13/h5-8H,4,9-10H2,1-3H3,(H,17,19). The molecule has 0 aliphatic rings. The fourth-order valence-electron chi connectivity index (χ4n) is 2.04. The SMILES string of the molecule is CCc1noc(C)c1C(=O)NCCOc1ccc(OC)cc1. The molecule has 0 radical (unpaired) electrons. The normalized spacial score (nSPS) is 10.3. The van der Waals surface area contributed by atoms with Crippen molar-refractivity contribution in [1.29, 1.82) is 0 Å². The molecule has 118 valence electrons. The van der Waals surface area contributed by atoms with E-state index in [-0.39, 0.29) is 5.91 Å². The van der Waals surface area contributed by atoms with Crippen molar-refractivity contribution in [2.75, 3.05) is 20.3 Å². The summed E-state index contributed by atoms with van der Waals surface area (Å²) in [5.74, 6) is 1.85. The Morgan fingerprint density at radius 1 is 1.27 bits per heavy atom. The Kier molecular flexibility index (Phi) is 5.41. The van der Waals surface area contributed by atoms with Gasteiger partial charge in [0.1, 0.15) is 29.4 Å². The van der Waals surface area contributed by atoms with Crippen molar-refractivity contribution in [3.05, 3.63) is 41.3 Å². The largest absolute Gasteiger partial charge is 0.497 e. The van der Waals surface area contributed by atoms with E-state index in [1.165, 1.54) is 0 Å². The maximum atomic E-state index is 12.1. The molecule has 1 amide bonds. The molecule has 6 heteroatoms. The highest BCUT2D eigenvalue weighted by Crippen LogP contribution is 2.17. The maximum absolute atomic E-state index is 12.1. The molecule has 0 spiro atoms. The minimum absolute atomic E-state index is 0.186. The molecule has 0 bridgehead atoms. The first-order valence-corrected chi connectivity index (χ1v) is 7.16. The smallest absolute Gasteiger partial charge is 0.256 e. The first-order valence-electron chi connectivity index (χ1n) is 7.16. The molecular weight excluding hydrogens is 284 g/mol. The molecule has 6 nitrogen and oxygen atoms in total. The van der Waals surface area contributed by atoms with E-state index in [4.69, 9.17) is 14.0 Å². The van der Waals surface area contributed by atoms with Crippen molar-refractivity contribution in [3.8, 4) is 11.5 Å². The molecule has 0 fully saturated rings. The van der Waals surface area contributed by atoms with Crippen molar-refractivity contribution >= 4 is 5.91 Å². The van der Waals surface area contributed by atoms with Crippen molar-refractivity contribution < 1.29 is 18.8 Å². The van der Waals surface area contributed by atoms with E-state index < -0.39 is 0 Å². The van der Waals surface area contributed by atoms with Gasteiger partial charge in [0.05, 0.1) is 19.3 Å². The van der Waals surface area contributed by atoms with E-state index >= 15 is 0 Å². The summed E-state index contributed by atoms with van der Waals surface area (Å²) in [7, 11) is 1.61. The number of carbonyl (C=O) groups excluding carboxylic acids is 1. The lowest BCUT2D eigenvalue weighted by Crippen LogP contribution is -2.29. The first kappa shape index (κ1) is 15.9. The summed E-state index contributed by atoms with van der Waals surface area (Å²) in [5, 5.41) is 6.67. The summed E-state index contributed by atoms with van der Waals surface area (Å²) >= 11 is 0. The lowest BCUT2D eigenvalue weighted by molar-refractivity contribution is 0.0944. The summed E-state index contributed by atoms with van der Waals surface area (Å²) in [4.78, 5) is 12.1. The van der Waals surface area contributed by atoms with Gasteiger partial charge in [-0.25, -0.2) is 0 Å². The van der Waals surface area contributed by atoms with Gasteiger partial charge in [-0.15, -0.1) is 0 Å². The number of benzene rings is 1. The third-order valence-electron chi connectivity index (χ3n) is 3.21. The number of hydrogen-bond acceptors (Lipinski definition) is 5. The van der Waals surface area contributed by atoms with Crippen molar-refractivity contribution in [2.24, 2.45) is 0 Å². The summed E-state index contributed by atoms with van der Waals surface area (Å²) in [6, 6.07) is 7.28. The number of hydrogen-bond donors (Lipinski definition) is 1. The number of ether oxygens (including phenoxy) is 2. The zero-order valence-electron chi connectivity index (χ0n) is 13.0. The Labute approximate surface area is 129 Å². The predicted molar refractivity (Wildman–Crippen MR) is 81.4 cm³/mol. The van der Waals surface area contributed by atoms with Crippen molar-refractivity contribution in [3.63, 3.8) is 0 Å². The fourth-order valence-corrected chi connectivity index (χ4v) is 2.04. The lowest BCUT2D eigenvalue weighted by atomic mass is 10.1. The Bertz CT molecular complexity index is 620. The Morgan fingerprint density at radius 2 is 1.95 bits per heavy atom. The van der Waals surface area contributed by atoms with E-state index in [0.717, 1.165) is 11.5 Å². The molecule has 2 rings (SSSR count). The molecule has 0 atom stereocenters. The molecule has 1 heterocycles. The summed E-state index contributed by atoms with van der Waals surface area (Å²) in [6.45, 7) is 4.44. The topological polar surface area (TPSA) is 73.6 Å². The fraction of sp³-hybridized carbons (Fsp3) is 0.375. The van der Waals surface area contributed by atoms with Gasteiger partial charge in [0.25, 0.3) is 5.91 Å². The van der Waals surface area contributed by atoms with Crippen LogP contribution in [0, 0.1) is 6.92 Å². The number of nitrogens with zero attached hydrogens (tertiary/aromatic N) is 1. The Hall–Kier alpha value is -2.50. The van der Waals surface area contributed by atoms with Gasteiger partial charge >= 0.3 is 0 Å². The second-order valence-electron chi connectivity index (χ2n) is 4.69. The highest BCUT2D eigenvalue weighted by Gasteiger charge is 2.18. The Balaban J connectivity index is 1.80. The number of nitrogens with one attached hydrogen (secondary N) is 1. The molecule has 2 aromatic rings. The molecule has 0 unspecified atom stereocenters. The van der Waals surface area contributed by atoms with Gasteiger partial charge < -0.3 is 19.3 Å². The van der Waals surface area contributed by atoms with Crippen LogP contribution in [0.25, 0.3) is 0 Å². The number of methoxy groups -OCH3 is 1. The van der Waals surface area contributed by atoms with Gasteiger partial charge in [-0.05, 0) is 37.6 Å². The van der Waals surface area contributed by atoms with Crippen LogP contribution in [-0.2, 0) is 6.42 Å². The number of rotatable bonds is 7. The third kappa shape index (κ3) is 3.78. The molecule has 22 heavy (non-hydrogen) atoms. The van der Waals surface area contributed by atoms with Gasteiger partial charge in [0, 0.05) is 0 Å². The van der Waals surface area contributed by atoms with Gasteiger partial charge in [0.2, 0.25) is 0 Å². The summed E-state index contributed by atoms with van der Waals surface area (Å²) in [6.07, 6.45) is 0.655. The minimum atomic E-state index is -0.186. The second kappa shape index (κ2) is 7.49. The van der Waals surface area contributed by atoms with Crippen LogP contribution in [0.3, 0.4) is 0 Å². The van der Waals surface area contributed by atoms with Crippen LogP contribution in [0.1, 0.15) is 28.7 Å². The highest BCUT2D eigenvalue weighted by molar-refractivity contribution is 5.96. The van der Waals surface area contributed by atoms with E-state index in [0.29, 0.717) is 36.6 Å². The first-order chi connectivity index (χ1) is 10.7. The summed E-state index contributed by atoms with van der Waals surface area (Å²) in [5.41, 5.74) is 1.19. The monoisotopic (exact) mass is 304 g/mol. The van der Waals surface area contributed by atoms with E-state index in [2.05, 4.69) is 10.5 Å². The van der Waals surface area contributed by atoms with Gasteiger partial charge in [-0.1, -0.05) is 12.1 Å². The average Bonchev–Trinajstić information content (AvgIpc) is 2.92. The Morgan fingerprint density at radius 3 is 2.59 bits per heavy atom. The van der Waals surface area contributed by atoms with Crippen LogP contribution in [0.15, 0.2) is 28.8 Å². The van der Waals surface area contributed by atoms with E-state index in [1.807, 2.05) is 31.2 Å². The molecular formula is C16H20N2O4. The van der Waals surface area contributed by atoms with Crippen LogP contribution in [-0.4, -0.2) is 31.3 Å². The van der Waals surface area contributed by atoms with Gasteiger partial charge in [-0.3, -0.25) is 4.79 Å². The average molecular weight is 304 g/mol. The number of aryl methyl sites for hydroxylation is 2. The predicted octanol–water partition coefficient (Wildman–Crippen LogP) is 2.36. The molecule has 0 saturated carbocycles. The van der Waals surface area contributed by atoms with Gasteiger partial charge in [-0.2, -0.15) is 0 Å². The van der Waals surface area contributed by atoms with E-state index in [1.54, 1.807) is 14.0 Å². The second-order valence-corrected chi connectivity index (χ2v) is 4.69. The number of amides is 1. The van der Waals surface area contributed by atoms with Crippen LogP contribution >= 0.6 is 0 Å². The number of aromatic nitrogens is 1. The molecule has 1 aromatic carbocycles. The minimum Gasteiger partial charge on any atom is -0.497 e. The molecule has 0 saturated heterocycles. The van der Waals surface area contributed by atoms with Crippen molar-refractivity contribution in [2.45, 2.75) is 20.3 Å². The molecule has 0 aliphatic carbocycles. The molecule has 1 aromatic heterocycles. The van der Waals surface area contributed by atoms with Crippen LogP contribution in [0.5, 0.6) is 11.5 Å². The third-order valence-corrected chi connectivity index (χ3v) is 3.21. The maximum Gasteiger partial charge on any atom is 0.256 e. The van der Waals surface area contributed by atoms with Gasteiger partial charge in [0.15, 0.2) is 0 Å². The van der Waals surface area contributed by atoms with Crippen molar-refractivity contribution in [1.82, 2.24) is 10.5 Å². The zero-order chi connectivity index (χ0) is 15.9. The molecule has 1 N–H and O–H groups in total.